The van der Waals surface area contributed by atoms with Crippen LogP contribution in [-0.2, 0) is 6.42 Å². The van der Waals surface area contributed by atoms with Crippen LogP contribution in [0.3, 0.4) is 0 Å². The minimum absolute atomic E-state index is 0.146. The van der Waals surface area contributed by atoms with E-state index < -0.39 is 0 Å². The normalized spacial score (nSPS) is 13.5. The number of phenolic OH excluding ortho intramolecular Hbond substituents is 1. The lowest BCUT2D eigenvalue weighted by Gasteiger charge is -2.22. The molecule has 1 aliphatic rings. The third kappa shape index (κ3) is 3.91. The summed E-state index contributed by atoms with van der Waals surface area (Å²) in [6.45, 7) is 1.96. The standard InChI is InChI=1S/C19H22N4O2/c1-20-19(23-13-10-14-4-2-3-5-17(14)23)22-12-11-21-18(25)15-6-8-16(24)9-7-15/h2-9,24H,10-13H2,1H3,(H,20,22)(H,21,25). The Bertz CT molecular complexity index is 771. The zero-order chi connectivity index (χ0) is 17.6. The summed E-state index contributed by atoms with van der Waals surface area (Å²) in [5.41, 5.74) is 3.03. The number of amides is 1. The Balaban J connectivity index is 1.50. The van der Waals surface area contributed by atoms with Crippen molar-refractivity contribution in [2.75, 3.05) is 31.6 Å². The molecule has 0 saturated heterocycles. The molecule has 0 aromatic heterocycles. The van der Waals surface area contributed by atoms with Crippen molar-refractivity contribution in [3.63, 3.8) is 0 Å². The minimum atomic E-state index is -0.164. The number of para-hydroxylation sites is 1. The van der Waals surface area contributed by atoms with Gasteiger partial charge in [0.1, 0.15) is 5.75 Å². The highest BCUT2D eigenvalue weighted by Gasteiger charge is 2.22. The number of fused-ring (bicyclic) bond motifs is 1. The molecule has 2 aromatic rings. The number of nitrogens with one attached hydrogen (secondary N) is 2. The maximum atomic E-state index is 12.0. The van der Waals surface area contributed by atoms with Gasteiger partial charge in [0, 0.05) is 37.9 Å². The topological polar surface area (TPSA) is 77.0 Å². The lowest BCUT2D eigenvalue weighted by molar-refractivity contribution is 0.0954. The summed E-state index contributed by atoms with van der Waals surface area (Å²) in [7, 11) is 1.76. The number of aromatic hydroxyl groups is 1. The van der Waals surface area contributed by atoms with Gasteiger partial charge in [0.05, 0.1) is 0 Å². The molecule has 130 valence electrons. The molecule has 0 fully saturated rings. The number of guanidine groups is 1. The lowest BCUT2D eigenvalue weighted by atomic mass is 10.2. The Hall–Kier alpha value is -3.02. The Morgan fingerprint density at radius 1 is 1.12 bits per heavy atom. The molecule has 2 aromatic carbocycles. The van der Waals surface area contributed by atoms with Crippen molar-refractivity contribution in [1.29, 1.82) is 0 Å². The van der Waals surface area contributed by atoms with Gasteiger partial charge in [-0.25, -0.2) is 0 Å². The molecular weight excluding hydrogens is 316 g/mol. The van der Waals surface area contributed by atoms with Gasteiger partial charge in [-0.3, -0.25) is 9.79 Å². The van der Waals surface area contributed by atoms with Crippen LogP contribution in [0.1, 0.15) is 15.9 Å². The number of hydrogen-bond donors (Lipinski definition) is 3. The van der Waals surface area contributed by atoms with Crippen molar-refractivity contribution >= 4 is 17.6 Å². The smallest absolute Gasteiger partial charge is 0.251 e. The molecule has 0 saturated carbocycles. The first kappa shape index (κ1) is 16.8. The van der Waals surface area contributed by atoms with Crippen molar-refractivity contribution in [3.8, 4) is 5.75 Å². The van der Waals surface area contributed by atoms with E-state index in [4.69, 9.17) is 0 Å². The van der Waals surface area contributed by atoms with E-state index in [1.807, 2.05) is 6.07 Å². The molecule has 0 spiro atoms. The number of aliphatic imine (C=N–C) groups is 1. The second-order valence-electron chi connectivity index (χ2n) is 5.81. The first-order valence-electron chi connectivity index (χ1n) is 8.32. The van der Waals surface area contributed by atoms with Crippen LogP contribution in [0.15, 0.2) is 53.5 Å². The van der Waals surface area contributed by atoms with Gasteiger partial charge in [0.2, 0.25) is 0 Å². The van der Waals surface area contributed by atoms with E-state index in [1.54, 1.807) is 19.2 Å². The first-order chi connectivity index (χ1) is 12.2. The summed E-state index contributed by atoms with van der Waals surface area (Å²) < 4.78 is 0. The van der Waals surface area contributed by atoms with Crippen LogP contribution in [-0.4, -0.2) is 43.7 Å². The largest absolute Gasteiger partial charge is 0.508 e. The summed E-state index contributed by atoms with van der Waals surface area (Å²) in [6.07, 6.45) is 1.01. The molecule has 1 heterocycles. The summed E-state index contributed by atoms with van der Waals surface area (Å²) >= 11 is 0. The van der Waals surface area contributed by atoms with Crippen LogP contribution in [0, 0.1) is 0 Å². The molecule has 0 bridgehead atoms. The van der Waals surface area contributed by atoms with Gasteiger partial charge in [-0.1, -0.05) is 18.2 Å². The highest BCUT2D eigenvalue weighted by molar-refractivity contribution is 5.98. The maximum absolute atomic E-state index is 12.0. The number of hydrogen-bond acceptors (Lipinski definition) is 3. The number of nitrogens with zero attached hydrogens (tertiary/aromatic N) is 2. The van der Waals surface area contributed by atoms with Crippen LogP contribution < -0.4 is 15.5 Å². The Labute approximate surface area is 147 Å². The number of carbonyl (C=O) groups is 1. The molecule has 1 aliphatic heterocycles. The molecule has 25 heavy (non-hydrogen) atoms. The molecule has 3 rings (SSSR count). The van der Waals surface area contributed by atoms with E-state index in [-0.39, 0.29) is 11.7 Å². The average molecular weight is 338 g/mol. The molecule has 1 amide bonds. The minimum Gasteiger partial charge on any atom is -0.508 e. The van der Waals surface area contributed by atoms with Crippen molar-refractivity contribution in [3.05, 3.63) is 59.7 Å². The van der Waals surface area contributed by atoms with Gasteiger partial charge in [-0.2, -0.15) is 0 Å². The van der Waals surface area contributed by atoms with Crippen LogP contribution in [0.2, 0.25) is 0 Å². The van der Waals surface area contributed by atoms with Gasteiger partial charge in [-0.15, -0.1) is 0 Å². The van der Waals surface area contributed by atoms with Gasteiger partial charge in [0.25, 0.3) is 5.91 Å². The van der Waals surface area contributed by atoms with Gasteiger partial charge in [-0.05, 0) is 42.3 Å². The van der Waals surface area contributed by atoms with Crippen LogP contribution >= 0.6 is 0 Å². The maximum Gasteiger partial charge on any atom is 0.251 e. The molecular formula is C19H22N4O2. The van der Waals surface area contributed by atoms with Gasteiger partial charge in [0.15, 0.2) is 5.96 Å². The molecule has 0 unspecified atom stereocenters. The lowest BCUT2D eigenvalue weighted by Crippen LogP contribution is -2.43. The third-order valence-corrected chi connectivity index (χ3v) is 4.18. The fourth-order valence-electron chi connectivity index (χ4n) is 2.92. The number of carbonyl (C=O) groups excluding carboxylic acids is 1. The van der Waals surface area contributed by atoms with E-state index in [2.05, 4.69) is 38.7 Å². The number of anilines is 1. The third-order valence-electron chi connectivity index (χ3n) is 4.18. The van der Waals surface area contributed by atoms with E-state index in [9.17, 15) is 9.90 Å². The zero-order valence-corrected chi connectivity index (χ0v) is 14.2. The Morgan fingerprint density at radius 3 is 2.60 bits per heavy atom. The van der Waals surface area contributed by atoms with Gasteiger partial charge >= 0.3 is 0 Å². The summed E-state index contributed by atoms with van der Waals surface area (Å²) in [5.74, 6) is 0.792. The molecule has 6 nitrogen and oxygen atoms in total. The highest BCUT2D eigenvalue weighted by atomic mass is 16.3. The monoisotopic (exact) mass is 338 g/mol. The molecule has 0 atom stereocenters. The van der Waals surface area contributed by atoms with Crippen molar-refractivity contribution < 1.29 is 9.90 Å². The quantitative estimate of drug-likeness (QED) is 0.451. The summed E-state index contributed by atoms with van der Waals surface area (Å²) in [5, 5.41) is 15.4. The average Bonchev–Trinajstić information content (AvgIpc) is 3.06. The van der Waals surface area contributed by atoms with E-state index in [0.29, 0.717) is 18.7 Å². The van der Waals surface area contributed by atoms with Crippen molar-refractivity contribution in [2.45, 2.75) is 6.42 Å². The van der Waals surface area contributed by atoms with E-state index in [1.165, 1.54) is 23.4 Å². The summed E-state index contributed by atoms with van der Waals surface area (Å²) in [6, 6.07) is 14.5. The SMILES string of the molecule is CN=C(NCCNC(=O)c1ccc(O)cc1)N1CCc2ccccc21. The van der Waals surface area contributed by atoms with Crippen molar-refractivity contribution in [1.82, 2.24) is 10.6 Å². The van der Waals surface area contributed by atoms with Gasteiger partial charge < -0.3 is 20.6 Å². The zero-order valence-electron chi connectivity index (χ0n) is 14.2. The Morgan fingerprint density at radius 2 is 1.84 bits per heavy atom. The first-order valence-corrected chi connectivity index (χ1v) is 8.32. The number of rotatable bonds is 4. The molecule has 0 aliphatic carbocycles. The fraction of sp³-hybridized carbons (Fsp3) is 0.263. The predicted octanol–water partition coefficient (Wildman–Crippen LogP) is 1.76. The van der Waals surface area contributed by atoms with Crippen LogP contribution in [0.4, 0.5) is 5.69 Å². The molecule has 3 N–H and O–H groups in total. The highest BCUT2D eigenvalue weighted by Crippen LogP contribution is 2.27. The fourth-order valence-corrected chi connectivity index (χ4v) is 2.92. The summed E-state index contributed by atoms with van der Waals surface area (Å²) in [4.78, 5) is 18.5. The molecule has 0 radical (unpaired) electrons. The number of phenols is 1. The molecule has 6 heteroatoms. The van der Waals surface area contributed by atoms with Crippen LogP contribution in [0.5, 0.6) is 5.75 Å². The second kappa shape index (κ2) is 7.70. The number of benzene rings is 2. The second-order valence-corrected chi connectivity index (χ2v) is 5.81. The van der Waals surface area contributed by atoms with E-state index in [0.717, 1.165) is 18.9 Å². The van der Waals surface area contributed by atoms with Crippen LogP contribution in [0.25, 0.3) is 0 Å². The Kier molecular flexibility index (Phi) is 5.18. The predicted molar refractivity (Wildman–Crippen MR) is 99.3 cm³/mol. The van der Waals surface area contributed by atoms with E-state index >= 15 is 0 Å². The van der Waals surface area contributed by atoms with Crippen molar-refractivity contribution in [2.24, 2.45) is 4.99 Å².